The number of anilines is 2. The number of primary amides is 1. The van der Waals surface area contributed by atoms with Gasteiger partial charge in [0, 0.05) is 62.1 Å². The van der Waals surface area contributed by atoms with Crippen LogP contribution in [0.15, 0.2) is 48.5 Å². The maximum absolute atomic E-state index is 16.4. The van der Waals surface area contributed by atoms with E-state index in [4.69, 9.17) is 22.1 Å². The second-order valence-electron chi connectivity index (χ2n) is 10.2. The quantitative estimate of drug-likeness (QED) is 0.433. The van der Waals surface area contributed by atoms with Gasteiger partial charge >= 0.3 is 0 Å². The van der Waals surface area contributed by atoms with E-state index in [1.54, 1.807) is 0 Å². The minimum atomic E-state index is -0.805. The third-order valence-electron chi connectivity index (χ3n) is 8.06. The molecule has 4 N–H and O–H groups in total. The monoisotopic (exact) mass is 538 g/mol. The van der Waals surface area contributed by atoms with Crippen molar-refractivity contribution in [1.29, 1.82) is 0 Å². The molecule has 38 heavy (non-hydrogen) atoms. The first-order valence-corrected chi connectivity index (χ1v) is 13.3. The van der Waals surface area contributed by atoms with Crippen molar-refractivity contribution in [2.45, 2.75) is 30.8 Å². The number of rotatable bonds is 5. The van der Waals surface area contributed by atoms with Gasteiger partial charge in [0.05, 0.1) is 21.8 Å². The zero-order chi connectivity index (χ0) is 26.4. The van der Waals surface area contributed by atoms with Crippen molar-refractivity contribution < 1.29 is 18.3 Å². The number of amides is 1. The Balaban J connectivity index is 1.55. The van der Waals surface area contributed by atoms with E-state index in [0.717, 1.165) is 24.9 Å². The second-order valence-corrected chi connectivity index (χ2v) is 10.6. The number of nitrogens with one attached hydrogen (secondary N) is 2. The van der Waals surface area contributed by atoms with E-state index in [1.165, 1.54) is 18.2 Å². The Morgan fingerprint density at radius 2 is 1.89 bits per heavy atom. The van der Waals surface area contributed by atoms with Crippen LogP contribution in [-0.4, -0.2) is 44.8 Å². The molecular weight excluding hydrogens is 510 g/mol. The number of hydrogen-bond acceptors (Lipinski definition) is 5. The van der Waals surface area contributed by atoms with Crippen molar-refractivity contribution in [1.82, 2.24) is 5.32 Å². The highest BCUT2D eigenvalue weighted by molar-refractivity contribution is 6.34. The van der Waals surface area contributed by atoms with Crippen LogP contribution in [0.4, 0.5) is 20.2 Å². The molecule has 3 aliphatic heterocycles. The molecule has 0 saturated carbocycles. The number of carbonyl (C=O) groups is 1. The molecule has 0 radical (unpaired) electrons. The van der Waals surface area contributed by atoms with Crippen molar-refractivity contribution >= 4 is 28.9 Å². The summed E-state index contributed by atoms with van der Waals surface area (Å²) >= 11 is 6.63. The molecule has 3 heterocycles. The van der Waals surface area contributed by atoms with Gasteiger partial charge in [0.25, 0.3) is 0 Å². The van der Waals surface area contributed by atoms with Crippen molar-refractivity contribution in [2.75, 3.05) is 43.1 Å². The lowest BCUT2D eigenvalue weighted by molar-refractivity contribution is 0.0904. The van der Waals surface area contributed by atoms with Gasteiger partial charge in [-0.15, -0.1) is 0 Å². The van der Waals surface area contributed by atoms with Crippen LogP contribution >= 0.6 is 11.6 Å². The fraction of sp³-hybridized carbons (Fsp3) is 0.345. The van der Waals surface area contributed by atoms with Crippen LogP contribution in [0.5, 0.6) is 0 Å². The number of hydrogen-bond donors (Lipinski definition) is 3. The Labute approximate surface area is 225 Å². The van der Waals surface area contributed by atoms with Crippen LogP contribution in [0.25, 0.3) is 11.1 Å². The van der Waals surface area contributed by atoms with E-state index in [0.29, 0.717) is 44.0 Å². The van der Waals surface area contributed by atoms with E-state index in [1.807, 2.05) is 18.2 Å². The van der Waals surface area contributed by atoms with Crippen molar-refractivity contribution in [3.63, 3.8) is 0 Å². The topological polar surface area (TPSA) is 79.6 Å². The van der Waals surface area contributed by atoms with Crippen LogP contribution in [0.3, 0.4) is 0 Å². The van der Waals surface area contributed by atoms with Gasteiger partial charge in [-0.05, 0) is 42.2 Å². The highest BCUT2D eigenvalue weighted by atomic mass is 35.5. The Morgan fingerprint density at radius 1 is 1.13 bits per heavy atom. The van der Waals surface area contributed by atoms with Gasteiger partial charge in [-0.2, -0.15) is 0 Å². The van der Waals surface area contributed by atoms with Gasteiger partial charge in [0.15, 0.2) is 5.82 Å². The molecule has 198 valence electrons. The Kier molecular flexibility index (Phi) is 6.50. The summed E-state index contributed by atoms with van der Waals surface area (Å²) in [7, 11) is 0. The second kappa shape index (κ2) is 9.84. The molecule has 1 atom stereocenters. The Hall–Kier alpha value is -3.20. The fourth-order valence-corrected chi connectivity index (χ4v) is 6.50. The summed E-state index contributed by atoms with van der Waals surface area (Å²) in [5.74, 6) is -2.14. The van der Waals surface area contributed by atoms with E-state index < -0.39 is 23.1 Å². The molecule has 3 aromatic carbocycles. The molecule has 1 unspecified atom stereocenters. The molecule has 3 aromatic rings. The Bertz CT molecular complexity index is 1400. The van der Waals surface area contributed by atoms with Crippen molar-refractivity contribution in [3.8, 4) is 11.1 Å². The molecule has 0 spiro atoms. The zero-order valence-corrected chi connectivity index (χ0v) is 21.6. The summed E-state index contributed by atoms with van der Waals surface area (Å²) in [6.07, 6.45) is 1.91. The van der Waals surface area contributed by atoms with Gasteiger partial charge in [-0.25, -0.2) is 8.78 Å². The van der Waals surface area contributed by atoms with Gasteiger partial charge in [-0.3, -0.25) is 4.79 Å². The number of halogens is 3. The summed E-state index contributed by atoms with van der Waals surface area (Å²) < 4.78 is 37.3. The van der Waals surface area contributed by atoms with E-state index in [-0.39, 0.29) is 33.4 Å². The van der Waals surface area contributed by atoms with Gasteiger partial charge in [0.1, 0.15) is 5.82 Å². The lowest BCUT2D eigenvalue weighted by atomic mass is 9.83. The molecule has 6 rings (SSSR count). The van der Waals surface area contributed by atoms with E-state index >= 15 is 8.78 Å². The van der Waals surface area contributed by atoms with Crippen molar-refractivity contribution in [3.05, 3.63) is 81.9 Å². The highest BCUT2D eigenvalue weighted by Crippen LogP contribution is 2.52. The lowest BCUT2D eigenvalue weighted by Crippen LogP contribution is -2.57. The molecule has 3 aliphatic rings. The number of fused-ring (bicyclic) bond motifs is 3. The van der Waals surface area contributed by atoms with Gasteiger partial charge in [0.2, 0.25) is 5.91 Å². The van der Waals surface area contributed by atoms with Gasteiger partial charge < -0.3 is 26.0 Å². The maximum atomic E-state index is 16.4. The third-order valence-corrected chi connectivity index (χ3v) is 8.43. The van der Waals surface area contributed by atoms with Crippen LogP contribution in [0.2, 0.25) is 5.02 Å². The molecule has 9 heteroatoms. The minimum Gasteiger partial charge on any atom is -0.381 e. The third kappa shape index (κ3) is 4.02. The average molecular weight is 539 g/mol. The zero-order valence-electron chi connectivity index (χ0n) is 20.8. The molecule has 2 fully saturated rings. The van der Waals surface area contributed by atoms with Crippen LogP contribution in [0, 0.1) is 11.6 Å². The number of ether oxygens (including phenoxy) is 1. The predicted molar refractivity (Wildman–Crippen MR) is 145 cm³/mol. The lowest BCUT2D eigenvalue weighted by Gasteiger charge is -2.45. The number of nitrogens with two attached hydrogens (primary N) is 1. The SMILES string of the molecule is NC(=O)c1ccc(NC2CCOCC2)c(F)c1-c1c(Cl)c(F)cc2c1CC1(c3ccccc3)CNCCN21. The average Bonchev–Trinajstić information content (AvgIpc) is 3.27. The summed E-state index contributed by atoms with van der Waals surface area (Å²) in [5.41, 5.74) is 7.96. The number of nitrogens with zero attached hydrogens (tertiary/aromatic N) is 1. The maximum Gasteiger partial charge on any atom is 0.249 e. The summed E-state index contributed by atoms with van der Waals surface area (Å²) in [6, 6.07) is 14.5. The molecular formula is C29H29ClF2N4O2. The molecule has 0 aliphatic carbocycles. The first-order valence-electron chi connectivity index (χ1n) is 12.9. The van der Waals surface area contributed by atoms with Crippen molar-refractivity contribution in [2.24, 2.45) is 5.73 Å². The number of benzene rings is 3. The standard InChI is InChI=1S/C29H29ClF2N4O2/c30-26-21(31)14-23-20(15-29(16-34-10-11-36(23)29)17-4-2-1-3-5-17)24(26)25-19(28(33)37)6-7-22(27(25)32)35-18-8-12-38-13-9-18/h1-7,14,18,34-35H,8-13,15-16H2,(H2,33,37). The summed E-state index contributed by atoms with van der Waals surface area (Å²) in [6.45, 7) is 3.15. The molecule has 0 aromatic heterocycles. The molecule has 0 bridgehead atoms. The fourth-order valence-electron chi connectivity index (χ4n) is 6.24. The van der Waals surface area contributed by atoms with Crippen LogP contribution in [-0.2, 0) is 16.7 Å². The summed E-state index contributed by atoms with van der Waals surface area (Å²) in [4.78, 5) is 14.7. The minimum absolute atomic E-state index is 0.0145. The number of piperazine rings is 1. The van der Waals surface area contributed by atoms with Crippen LogP contribution in [0.1, 0.15) is 34.3 Å². The molecule has 6 nitrogen and oxygen atoms in total. The van der Waals surface area contributed by atoms with Crippen LogP contribution < -0.4 is 21.3 Å². The molecule has 1 amide bonds. The first-order chi connectivity index (χ1) is 18.4. The van der Waals surface area contributed by atoms with E-state index in [9.17, 15) is 4.79 Å². The predicted octanol–water partition coefficient (Wildman–Crippen LogP) is 4.84. The smallest absolute Gasteiger partial charge is 0.249 e. The molecule has 2 saturated heterocycles. The van der Waals surface area contributed by atoms with E-state index in [2.05, 4.69) is 27.7 Å². The highest BCUT2D eigenvalue weighted by Gasteiger charge is 2.48. The van der Waals surface area contributed by atoms with Gasteiger partial charge in [-0.1, -0.05) is 41.9 Å². The summed E-state index contributed by atoms with van der Waals surface area (Å²) in [5, 5.41) is 6.51. The first kappa shape index (κ1) is 25.1. The largest absolute Gasteiger partial charge is 0.381 e. The Morgan fingerprint density at radius 3 is 2.63 bits per heavy atom. The normalized spacial score (nSPS) is 21.2. The number of carbonyl (C=O) groups excluding carboxylic acids is 1.